The average molecular weight is 315 g/mol. The number of carbonyl (C=O) groups excluding carboxylic acids is 2. The van der Waals surface area contributed by atoms with E-state index >= 15 is 0 Å². The van der Waals surface area contributed by atoms with Gasteiger partial charge in [0.15, 0.2) is 5.13 Å². The van der Waals surface area contributed by atoms with Crippen LogP contribution in [-0.2, 0) is 4.79 Å². The highest BCUT2D eigenvalue weighted by atomic mass is 35.5. The lowest BCUT2D eigenvalue weighted by atomic mass is 10.4. The molecule has 104 valence electrons. The number of anilines is 1. The number of aromatic nitrogens is 1. The molecule has 18 heavy (non-hydrogen) atoms. The SMILES string of the molecule is CNCCNC(=O)c1csc(NC(C)=O)n1.Cl.Cl. The van der Waals surface area contributed by atoms with Crippen molar-refractivity contribution >= 4 is 53.1 Å². The maximum Gasteiger partial charge on any atom is 0.270 e. The quantitative estimate of drug-likeness (QED) is 0.705. The smallest absolute Gasteiger partial charge is 0.270 e. The molecule has 0 aromatic carbocycles. The number of amides is 2. The number of hydrogen-bond acceptors (Lipinski definition) is 5. The summed E-state index contributed by atoms with van der Waals surface area (Å²) in [6, 6.07) is 0. The van der Waals surface area contributed by atoms with Crippen molar-refractivity contribution < 1.29 is 9.59 Å². The topological polar surface area (TPSA) is 83.1 Å². The number of halogens is 2. The molecule has 1 aromatic rings. The second-order valence-corrected chi connectivity index (χ2v) is 3.94. The Morgan fingerprint density at radius 3 is 2.56 bits per heavy atom. The maximum atomic E-state index is 11.5. The van der Waals surface area contributed by atoms with Crippen molar-refractivity contribution in [1.29, 1.82) is 0 Å². The van der Waals surface area contributed by atoms with Crippen molar-refractivity contribution in [3.8, 4) is 0 Å². The molecule has 1 heterocycles. The van der Waals surface area contributed by atoms with Gasteiger partial charge in [-0.3, -0.25) is 9.59 Å². The van der Waals surface area contributed by atoms with Crippen molar-refractivity contribution in [2.75, 3.05) is 25.5 Å². The third-order valence-corrected chi connectivity index (χ3v) is 2.44. The summed E-state index contributed by atoms with van der Waals surface area (Å²) in [6.45, 7) is 2.64. The van der Waals surface area contributed by atoms with Crippen LogP contribution in [0.15, 0.2) is 5.38 Å². The van der Waals surface area contributed by atoms with Gasteiger partial charge in [0.1, 0.15) is 5.69 Å². The van der Waals surface area contributed by atoms with Gasteiger partial charge in [0, 0.05) is 25.4 Å². The summed E-state index contributed by atoms with van der Waals surface area (Å²) in [4.78, 5) is 26.2. The summed E-state index contributed by atoms with van der Waals surface area (Å²) in [7, 11) is 1.81. The molecule has 0 saturated heterocycles. The summed E-state index contributed by atoms with van der Waals surface area (Å²) in [6.07, 6.45) is 0. The summed E-state index contributed by atoms with van der Waals surface area (Å²) in [5.41, 5.74) is 0.324. The second kappa shape index (κ2) is 10.1. The normalized spacial score (nSPS) is 8.78. The molecule has 0 aliphatic rings. The molecule has 1 aromatic heterocycles. The van der Waals surface area contributed by atoms with Crippen molar-refractivity contribution in [3.05, 3.63) is 11.1 Å². The Morgan fingerprint density at radius 2 is 2.00 bits per heavy atom. The Hall–Kier alpha value is -0.890. The van der Waals surface area contributed by atoms with Crippen LogP contribution >= 0.6 is 36.2 Å². The van der Waals surface area contributed by atoms with Gasteiger partial charge in [-0.1, -0.05) is 0 Å². The Bertz CT molecular complexity index is 386. The van der Waals surface area contributed by atoms with E-state index < -0.39 is 0 Å². The van der Waals surface area contributed by atoms with Crippen LogP contribution in [0.2, 0.25) is 0 Å². The first-order chi connectivity index (χ1) is 7.63. The molecule has 3 N–H and O–H groups in total. The zero-order chi connectivity index (χ0) is 12.0. The van der Waals surface area contributed by atoms with Gasteiger partial charge in [-0.15, -0.1) is 36.2 Å². The van der Waals surface area contributed by atoms with E-state index in [-0.39, 0.29) is 36.6 Å². The van der Waals surface area contributed by atoms with Crippen LogP contribution in [0.5, 0.6) is 0 Å². The summed E-state index contributed by atoms with van der Waals surface area (Å²) in [5.74, 6) is -0.431. The van der Waals surface area contributed by atoms with Crippen LogP contribution < -0.4 is 16.0 Å². The largest absolute Gasteiger partial charge is 0.349 e. The molecule has 1 rings (SSSR count). The van der Waals surface area contributed by atoms with E-state index in [0.29, 0.717) is 23.9 Å². The van der Waals surface area contributed by atoms with Crippen molar-refractivity contribution in [3.63, 3.8) is 0 Å². The first kappa shape index (κ1) is 19.4. The molecule has 0 bridgehead atoms. The zero-order valence-corrected chi connectivity index (χ0v) is 12.4. The average Bonchev–Trinajstić information content (AvgIpc) is 2.65. The van der Waals surface area contributed by atoms with Gasteiger partial charge in [0.25, 0.3) is 5.91 Å². The molecule has 0 fully saturated rings. The lowest BCUT2D eigenvalue weighted by molar-refractivity contribution is -0.114. The Balaban J connectivity index is 0. The third-order valence-electron chi connectivity index (χ3n) is 1.68. The monoisotopic (exact) mass is 314 g/mol. The van der Waals surface area contributed by atoms with Crippen LogP contribution in [-0.4, -0.2) is 36.9 Å². The predicted molar refractivity (Wildman–Crippen MR) is 77.2 cm³/mol. The minimum Gasteiger partial charge on any atom is -0.349 e. The number of nitrogens with one attached hydrogen (secondary N) is 3. The lowest BCUT2D eigenvalue weighted by Gasteiger charge is -2.01. The lowest BCUT2D eigenvalue weighted by Crippen LogP contribution is -2.30. The fourth-order valence-corrected chi connectivity index (χ4v) is 1.71. The predicted octanol–water partition coefficient (Wildman–Crippen LogP) is 0.894. The molecule has 6 nitrogen and oxygen atoms in total. The molecule has 0 aliphatic heterocycles. The van der Waals surface area contributed by atoms with Gasteiger partial charge in [-0.05, 0) is 7.05 Å². The minimum absolute atomic E-state index is 0. The van der Waals surface area contributed by atoms with Crippen LogP contribution in [0.3, 0.4) is 0 Å². The summed E-state index contributed by atoms with van der Waals surface area (Å²) in [5, 5.41) is 10.2. The fraction of sp³-hybridized carbons (Fsp3) is 0.444. The van der Waals surface area contributed by atoms with E-state index in [4.69, 9.17) is 0 Å². The van der Waals surface area contributed by atoms with Gasteiger partial charge in [0.2, 0.25) is 5.91 Å². The Kier molecular flexibility index (Phi) is 10.9. The van der Waals surface area contributed by atoms with Crippen molar-refractivity contribution in [1.82, 2.24) is 15.6 Å². The van der Waals surface area contributed by atoms with Gasteiger partial charge < -0.3 is 16.0 Å². The van der Waals surface area contributed by atoms with Crippen LogP contribution in [0, 0.1) is 0 Å². The highest BCUT2D eigenvalue weighted by molar-refractivity contribution is 7.14. The molecular formula is C9H16Cl2N4O2S. The van der Waals surface area contributed by atoms with E-state index in [1.807, 2.05) is 7.05 Å². The Labute approximate surface area is 122 Å². The fourth-order valence-electron chi connectivity index (χ4n) is 0.978. The van der Waals surface area contributed by atoms with E-state index in [9.17, 15) is 9.59 Å². The minimum atomic E-state index is -0.233. The molecule has 0 spiro atoms. The number of rotatable bonds is 5. The molecule has 9 heteroatoms. The molecule has 2 amide bonds. The van der Waals surface area contributed by atoms with Crippen LogP contribution in [0.1, 0.15) is 17.4 Å². The number of hydrogen-bond donors (Lipinski definition) is 3. The number of likely N-dealkylation sites (N-methyl/N-ethyl adjacent to an activating group) is 1. The first-order valence-electron chi connectivity index (χ1n) is 4.79. The number of carbonyl (C=O) groups is 2. The number of nitrogens with zero attached hydrogens (tertiary/aromatic N) is 1. The molecule has 0 atom stereocenters. The maximum absolute atomic E-state index is 11.5. The summed E-state index contributed by atoms with van der Waals surface area (Å²) >= 11 is 1.23. The van der Waals surface area contributed by atoms with Gasteiger partial charge in [-0.25, -0.2) is 4.98 Å². The molecule has 0 radical (unpaired) electrons. The van der Waals surface area contributed by atoms with E-state index in [1.165, 1.54) is 18.3 Å². The molecule has 0 unspecified atom stereocenters. The van der Waals surface area contributed by atoms with Crippen LogP contribution in [0.25, 0.3) is 0 Å². The molecule has 0 saturated carbocycles. The zero-order valence-electron chi connectivity index (χ0n) is 9.98. The third kappa shape index (κ3) is 6.75. The van der Waals surface area contributed by atoms with Gasteiger partial charge in [-0.2, -0.15) is 0 Å². The van der Waals surface area contributed by atoms with Gasteiger partial charge >= 0.3 is 0 Å². The Morgan fingerprint density at radius 1 is 1.33 bits per heavy atom. The number of thiazole rings is 1. The summed E-state index contributed by atoms with van der Waals surface area (Å²) < 4.78 is 0. The van der Waals surface area contributed by atoms with Gasteiger partial charge in [0.05, 0.1) is 0 Å². The standard InChI is InChI=1S/C9H14N4O2S.2ClH/c1-6(14)12-9-13-7(5-16-9)8(15)11-4-3-10-2;;/h5,10H,3-4H2,1-2H3,(H,11,15)(H,12,13,14);2*1H. The van der Waals surface area contributed by atoms with Crippen molar-refractivity contribution in [2.24, 2.45) is 0 Å². The molecular weight excluding hydrogens is 299 g/mol. The first-order valence-corrected chi connectivity index (χ1v) is 5.67. The highest BCUT2D eigenvalue weighted by Crippen LogP contribution is 2.14. The van der Waals surface area contributed by atoms with Crippen LogP contribution in [0.4, 0.5) is 5.13 Å². The van der Waals surface area contributed by atoms with E-state index in [0.717, 1.165) is 0 Å². The second-order valence-electron chi connectivity index (χ2n) is 3.08. The van der Waals surface area contributed by atoms with Crippen molar-refractivity contribution in [2.45, 2.75) is 6.92 Å². The van der Waals surface area contributed by atoms with E-state index in [2.05, 4.69) is 20.9 Å². The highest BCUT2D eigenvalue weighted by Gasteiger charge is 2.10. The molecule has 0 aliphatic carbocycles. The van der Waals surface area contributed by atoms with E-state index in [1.54, 1.807) is 5.38 Å².